The molecule has 0 amide bonds. The molecular formula is C15H24N2O2. The van der Waals surface area contributed by atoms with Gasteiger partial charge in [-0.1, -0.05) is 12.1 Å². The van der Waals surface area contributed by atoms with Crippen LogP contribution in [-0.2, 0) is 11.3 Å². The van der Waals surface area contributed by atoms with Crippen LogP contribution in [0.1, 0.15) is 18.4 Å². The van der Waals surface area contributed by atoms with Crippen LogP contribution in [0.15, 0.2) is 24.3 Å². The molecule has 0 heterocycles. The maximum absolute atomic E-state index is 5.59. The molecule has 1 fully saturated rings. The molecule has 4 heteroatoms. The Balaban J connectivity index is 1.51. The monoisotopic (exact) mass is 264 g/mol. The number of nitrogens with two attached hydrogens (primary N) is 1. The number of ether oxygens (including phenoxy) is 2. The summed E-state index contributed by atoms with van der Waals surface area (Å²) < 4.78 is 11.2. The Morgan fingerprint density at radius 3 is 2.53 bits per heavy atom. The van der Waals surface area contributed by atoms with Gasteiger partial charge >= 0.3 is 0 Å². The molecule has 2 rings (SSSR count). The van der Waals surface area contributed by atoms with E-state index in [1.807, 2.05) is 24.3 Å². The van der Waals surface area contributed by atoms with E-state index in [1.54, 1.807) is 0 Å². The topological polar surface area (TPSA) is 47.7 Å². The van der Waals surface area contributed by atoms with Gasteiger partial charge in [-0.15, -0.1) is 0 Å². The molecule has 2 N–H and O–H groups in total. The van der Waals surface area contributed by atoms with E-state index in [-0.39, 0.29) is 0 Å². The average molecular weight is 264 g/mol. The Morgan fingerprint density at radius 1 is 1.16 bits per heavy atom. The lowest BCUT2D eigenvalue weighted by Crippen LogP contribution is -2.25. The fourth-order valence-electron chi connectivity index (χ4n) is 1.95. The SMILES string of the molecule is CN(CCOCCOc1ccc(CN)cc1)C1CC1. The number of hydrogen-bond donors (Lipinski definition) is 1. The molecule has 0 spiro atoms. The zero-order valence-electron chi connectivity index (χ0n) is 11.7. The van der Waals surface area contributed by atoms with Crippen molar-refractivity contribution in [3.8, 4) is 5.75 Å². The third-order valence-corrected chi connectivity index (χ3v) is 3.41. The molecule has 19 heavy (non-hydrogen) atoms. The Labute approximate surface area is 115 Å². The third kappa shape index (κ3) is 5.19. The van der Waals surface area contributed by atoms with Crippen molar-refractivity contribution in [1.82, 2.24) is 4.90 Å². The molecule has 0 saturated heterocycles. The van der Waals surface area contributed by atoms with E-state index in [0.717, 1.165) is 30.5 Å². The highest BCUT2D eigenvalue weighted by atomic mass is 16.5. The van der Waals surface area contributed by atoms with Gasteiger partial charge in [0.2, 0.25) is 0 Å². The number of benzene rings is 1. The summed E-state index contributed by atoms with van der Waals surface area (Å²) in [6.07, 6.45) is 2.69. The smallest absolute Gasteiger partial charge is 0.119 e. The molecule has 4 nitrogen and oxygen atoms in total. The molecule has 0 bridgehead atoms. The number of rotatable bonds is 9. The lowest BCUT2D eigenvalue weighted by atomic mass is 10.2. The van der Waals surface area contributed by atoms with Crippen molar-refractivity contribution in [3.63, 3.8) is 0 Å². The highest BCUT2D eigenvalue weighted by Crippen LogP contribution is 2.24. The molecule has 1 aliphatic carbocycles. The van der Waals surface area contributed by atoms with Gasteiger partial charge in [0.15, 0.2) is 0 Å². The highest BCUT2D eigenvalue weighted by molar-refractivity contribution is 5.26. The zero-order valence-corrected chi connectivity index (χ0v) is 11.7. The first-order valence-electron chi connectivity index (χ1n) is 6.99. The third-order valence-electron chi connectivity index (χ3n) is 3.41. The molecule has 1 saturated carbocycles. The minimum atomic E-state index is 0.567. The second kappa shape index (κ2) is 7.48. The van der Waals surface area contributed by atoms with Crippen LogP contribution < -0.4 is 10.5 Å². The normalized spacial score (nSPS) is 14.9. The Morgan fingerprint density at radius 2 is 1.89 bits per heavy atom. The first kappa shape index (κ1) is 14.3. The van der Waals surface area contributed by atoms with E-state index in [1.165, 1.54) is 12.8 Å². The molecule has 1 aromatic rings. The van der Waals surface area contributed by atoms with Crippen LogP contribution in [0.3, 0.4) is 0 Å². The number of hydrogen-bond acceptors (Lipinski definition) is 4. The molecule has 106 valence electrons. The average Bonchev–Trinajstić information content (AvgIpc) is 3.27. The van der Waals surface area contributed by atoms with Crippen LogP contribution in [0, 0.1) is 0 Å². The van der Waals surface area contributed by atoms with Gasteiger partial charge in [-0.3, -0.25) is 0 Å². The molecule has 1 aliphatic rings. The quantitative estimate of drug-likeness (QED) is 0.689. The lowest BCUT2D eigenvalue weighted by molar-refractivity contribution is 0.0835. The zero-order chi connectivity index (χ0) is 13.5. The molecule has 0 atom stereocenters. The second-order valence-electron chi connectivity index (χ2n) is 5.02. The largest absolute Gasteiger partial charge is 0.491 e. The van der Waals surface area contributed by atoms with Crippen molar-refractivity contribution < 1.29 is 9.47 Å². The Hall–Kier alpha value is -1.10. The van der Waals surface area contributed by atoms with Gasteiger partial charge in [-0.05, 0) is 37.6 Å². The molecule has 0 radical (unpaired) electrons. The van der Waals surface area contributed by atoms with Crippen LogP contribution in [-0.4, -0.2) is 44.4 Å². The fraction of sp³-hybridized carbons (Fsp3) is 0.600. The number of nitrogens with zero attached hydrogens (tertiary/aromatic N) is 1. The van der Waals surface area contributed by atoms with Crippen LogP contribution in [0.2, 0.25) is 0 Å². The molecule has 0 aliphatic heterocycles. The highest BCUT2D eigenvalue weighted by Gasteiger charge is 2.25. The van der Waals surface area contributed by atoms with Crippen molar-refractivity contribution in [1.29, 1.82) is 0 Å². The van der Waals surface area contributed by atoms with Gasteiger partial charge in [-0.25, -0.2) is 0 Å². The Bertz CT molecular complexity index is 363. The van der Waals surface area contributed by atoms with Crippen molar-refractivity contribution in [2.24, 2.45) is 5.73 Å². The van der Waals surface area contributed by atoms with Crippen molar-refractivity contribution in [2.75, 3.05) is 33.4 Å². The fourth-order valence-corrected chi connectivity index (χ4v) is 1.95. The van der Waals surface area contributed by atoms with Gasteiger partial charge in [0, 0.05) is 19.1 Å². The van der Waals surface area contributed by atoms with Gasteiger partial charge in [0.25, 0.3) is 0 Å². The van der Waals surface area contributed by atoms with Crippen molar-refractivity contribution in [3.05, 3.63) is 29.8 Å². The van der Waals surface area contributed by atoms with Gasteiger partial charge in [-0.2, -0.15) is 0 Å². The summed E-state index contributed by atoms with van der Waals surface area (Å²) in [5, 5.41) is 0. The van der Waals surface area contributed by atoms with Gasteiger partial charge in [0.05, 0.1) is 13.2 Å². The summed E-state index contributed by atoms with van der Waals surface area (Å²) in [5.41, 5.74) is 6.66. The predicted octanol–water partition coefficient (Wildman–Crippen LogP) is 1.63. The summed E-state index contributed by atoms with van der Waals surface area (Å²) in [6, 6.07) is 8.68. The van der Waals surface area contributed by atoms with Crippen molar-refractivity contribution in [2.45, 2.75) is 25.4 Å². The van der Waals surface area contributed by atoms with E-state index in [4.69, 9.17) is 15.2 Å². The Kier molecular flexibility index (Phi) is 5.63. The van der Waals surface area contributed by atoms with Gasteiger partial charge in [0.1, 0.15) is 12.4 Å². The van der Waals surface area contributed by atoms with E-state index < -0.39 is 0 Å². The first-order valence-corrected chi connectivity index (χ1v) is 6.99. The summed E-state index contributed by atoms with van der Waals surface area (Å²) in [7, 11) is 2.16. The maximum Gasteiger partial charge on any atom is 0.119 e. The van der Waals surface area contributed by atoms with E-state index >= 15 is 0 Å². The second-order valence-corrected chi connectivity index (χ2v) is 5.02. The standard InChI is InChI=1S/C15H24N2O2/c1-17(14-4-5-14)8-9-18-10-11-19-15-6-2-13(12-16)3-7-15/h2-3,6-7,14H,4-5,8-12,16H2,1H3. The molecule has 1 aromatic carbocycles. The summed E-state index contributed by atoms with van der Waals surface area (Å²) in [6.45, 7) is 3.59. The molecule has 0 aromatic heterocycles. The van der Waals surface area contributed by atoms with E-state index in [0.29, 0.717) is 19.8 Å². The summed E-state index contributed by atoms with van der Waals surface area (Å²) >= 11 is 0. The lowest BCUT2D eigenvalue weighted by Gasteiger charge is -2.15. The van der Waals surface area contributed by atoms with Crippen LogP contribution in [0.25, 0.3) is 0 Å². The first-order chi connectivity index (χ1) is 9.29. The minimum Gasteiger partial charge on any atom is -0.491 e. The number of likely N-dealkylation sites (N-methyl/N-ethyl adjacent to an activating group) is 1. The minimum absolute atomic E-state index is 0.567. The van der Waals surface area contributed by atoms with E-state index in [2.05, 4.69) is 11.9 Å². The summed E-state index contributed by atoms with van der Waals surface area (Å²) in [4.78, 5) is 2.37. The van der Waals surface area contributed by atoms with Gasteiger partial charge < -0.3 is 20.1 Å². The van der Waals surface area contributed by atoms with Crippen LogP contribution >= 0.6 is 0 Å². The van der Waals surface area contributed by atoms with Crippen LogP contribution in [0.4, 0.5) is 0 Å². The van der Waals surface area contributed by atoms with E-state index in [9.17, 15) is 0 Å². The summed E-state index contributed by atoms with van der Waals surface area (Å²) in [5.74, 6) is 0.871. The van der Waals surface area contributed by atoms with Crippen molar-refractivity contribution >= 4 is 0 Å². The molecule has 0 unspecified atom stereocenters. The van der Waals surface area contributed by atoms with Crippen LogP contribution in [0.5, 0.6) is 5.75 Å². The predicted molar refractivity (Wildman–Crippen MR) is 76.3 cm³/mol. The maximum atomic E-state index is 5.59. The molecular weight excluding hydrogens is 240 g/mol.